The Labute approximate surface area is 168 Å². The molecule has 2 aliphatic rings. The highest BCUT2D eigenvalue weighted by Gasteiger charge is 2.55. The number of carbonyl (C=O) groups is 1. The first kappa shape index (κ1) is 21.2. The molecule has 0 N–H and O–H groups in total. The number of nitrogens with zero attached hydrogens (tertiary/aromatic N) is 1. The molecule has 0 radical (unpaired) electrons. The first-order chi connectivity index (χ1) is 11.9. The molecule has 0 saturated carbocycles. The molecule has 2 bridgehead atoms. The fraction of sp³-hybridized carbons (Fsp3) is 0.591. The van der Waals surface area contributed by atoms with Crippen molar-refractivity contribution in [2.24, 2.45) is 5.92 Å². The zero-order chi connectivity index (χ0) is 18.2. The van der Waals surface area contributed by atoms with Crippen molar-refractivity contribution in [1.29, 1.82) is 0 Å². The SMILES string of the molecule is C=CC[N+]1(CCC)CC[C@]2(C)c3cc(OC(C)=O)ccc3C[C@@H]1C2C.[Br-]. The molecule has 2 unspecified atom stereocenters. The van der Waals surface area contributed by atoms with Crippen LogP contribution in [-0.4, -0.2) is 36.1 Å². The van der Waals surface area contributed by atoms with Gasteiger partial charge in [-0.15, -0.1) is 0 Å². The number of benzene rings is 1. The smallest absolute Gasteiger partial charge is 0.308 e. The number of esters is 1. The number of likely N-dealkylation sites (tertiary alicyclic amines) is 1. The zero-order valence-electron chi connectivity index (χ0n) is 16.6. The highest BCUT2D eigenvalue weighted by molar-refractivity contribution is 5.69. The Morgan fingerprint density at radius 1 is 1.46 bits per heavy atom. The maximum Gasteiger partial charge on any atom is 0.308 e. The summed E-state index contributed by atoms with van der Waals surface area (Å²) in [7, 11) is 0. The van der Waals surface area contributed by atoms with Crippen LogP contribution in [0.4, 0.5) is 0 Å². The van der Waals surface area contributed by atoms with Gasteiger partial charge in [0.05, 0.1) is 25.7 Å². The largest absolute Gasteiger partial charge is 1.00 e. The summed E-state index contributed by atoms with van der Waals surface area (Å²) in [6, 6.07) is 6.90. The molecule has 1 saturated heterocycles. The van der Waals surface area contributed by atoms with Crippen molar-refractivity contribution in [3.05, 3.63) is 42.0 Å². The molecule has 1 fully saturated rings. The summed E-state index contributed by atoms with van der Waals surface area (Å²) in [6.07, 6.45) is 5.62. The summed E-state index contributed by atoms with van der Waals surface area (Å²) in [4.78, 5) is 11.3. The van der Waals surface area contributed by atoms with Crippen LogP contribution in [0.25, 0.3) is 0 Å². The highest BCUT2D eigenvalue weighted by Crippen LogP contribution is 2.51. The summed E-state index contributed by atoms with van der Waals surface area (Å²) in [5, 5.41) is 0. The lowest BCUT2D eigenvalue weighted by Crippen LogP contribution is -3.00. The minimum Gasteiger partial charge on any atom is -1.00 e. The van der Waals surface area contributed by atoms with E-state index in [-0.39, 0.29) is 28.4 Å². The fourth-order valence-electron chi connectivity index (χ4n) is 5.52. The molecule has 0 aromatic heterocycles. The van der Waals surface area contributed by atoms with Crippen LogP contribution in [0.3, 0.4) is 0 Å². The van der Waals surface area contributed by atoms with Crippen molar-refractivity contribution in [3.8, 4) is 5.75 Å². The van der Waals surface area contributed by atoms with Crippen molar-refractivity contribution in [2.45, 2.75) is 58.4 Å². The number of rotatable bonds is 5. The predicted octanol–water partition coefficient (Wildman–Crippen LogP) is 1.25. The molecule has 144 valence electrons. The first-order valence-corrected chi connectivity index (χ1v) is 9.65. The third-order valence-corrected chi connectivity index (χ3v) is 6.91. The van der Waals surface area contributed by atoms with E-state index in [2.05, 4.69) is 45.6 Å². The van der Waals surface area contributed by atoms with Gasteiger partial charge in [-0.05, 0) is 35.8 Å². The lowest BCUT2D eigenvalue weighted by Gasteiger charge is -2.59. The van der Waals surface area contributed by atoms with E-state index >= 15 is 0 Å². The van der Waals surface area contributed by atoms with E-state index in [1.807, 2.05) is 6.07 Å². The van der Waals surface area contributed by atoms with Crippen LogP contribution in [-0.2, 0) is 16.6 Å². The van der Waals surface area contributed by atoms with Gasteiger partial charge in [-0.1, -0.05) is 33.4 Å². The van der Waals surface area contributed by atoms with Crippen LogP contribution in [0.1, 0.15) is 51.7 Å². The molecule has 1 heterocycles. The number of hydrogen-bond acceptors (Lipinski definition) is 2. The second-order valence-corrected chi connectivity index (χ2v) is 8.28. The van der Waals surface area contributed by atoms with Gasteiger partial charge >= 0.3 is 5.97 Å². The van der Waals surface area contributed by atoms with Gasteiger partial charge < -0.3 is 26.2 Å². The van der Waals surface area contributed by atoms with E-state index < -0.39 is 0 Å². The fourth-order valence-corrected chi connectivity index (χ4v) is 5.52. The van der Waals surface area contributed by atoms with Gasteiger partial charge in [-0.25, -0.2) is 0 Å². The van der Waals surface area contributed by atoms with Crippen LogP contribution >= 0.6 is 0 Å². The van der Waals surface area contributed by atoms with Crippen molar-refractivity contribution in [3.63, 3.8) is 0 Å². The Morgan fingerprint density at radius 3 is 2.81 bits per heavy atom. The molecule has 3 rings (SSSR count). The van der Waals surface area contributed by atoms with Crippen LogP contribution < -0.4 is 21.7 Å². The molecule has 4 heteroatoms. The summed E-state index contributed by atoms with van der Waals surface area (Å²) in [5.74, 6) is 1.04. The lowest BCUT2D eigenvalue weighted by atomic mass is 9.58. The normalized spacial score (nSPS) is 32.2. The second-order valence-electron chi connectivity index (χ2n) is 8.28. The number of halogens is 1. The van der Waals surface area contributed by atoms with Gasteiger partial charge in [0.15, 0.2) is 0 Å². The van der Waals surface area contributed by atoms with Crippen molar-refractivity contribution in [2.75, 3.05) is 19.6 Å². The second kappa shape index (κ2) is 7.85. The summed E-state index contributed by atoms with van der Waals surface area (Å²) in [6.45, 7) is 16.2. The van der Waals surface area contributed by atoms with E-state index in [1.165, 1.54) is 48.5 Å². The van der Waals surface area contributed by atoms with Crippen LogP contribution in [0.5, 0.6) is 5.75 Å². The highest BCUT2D eigenvalue weighted by atomic mass is 79.9. The Bertz CT molecular complexity index is 689. The molecule has 4 atom stereocenters. The standard InChI is InChI=1S/C22H32NO2.BrH/c1-6-11-23(12-7-2)13-10-22(5)16(3)21(23)14-18-8-9-19(15-20(18)22)25-17(4)24;/h6,8-9,15-16,21H,1,7,10-14H2,2-5H3;1H/q+1;/p-1/t16?,21-,22+,23?;/m1./s1. The average molecular weight is 422 g/mol. The lowest BCUT2D eigenvalue weighted by molar-refractivity contribution is -0.956. The number of carbonyl (C=O) groups excluding carboxylic acids is 1. The Balaban J connectivity index is 0.00000243. The topological polar surface area (TPSA) is 26.3 Å². The van der Waals surface area contributed by atoms with E-state index in [1.54, 1.807) is 0 Å². The average Bonchev–Trinajstić information content (AvgIpc) is 2.55. The summed E-state index contributed by atoms with van der Waals surface area (Å²) < 4.78 is 6.54. The Kier molecular flexibility index (Phi) is 6.40. The molecular weight excluding hydrogens is 390 g/mol. The van der Waals surface area contributed by atoms with Gasteiger partial charge in [0, 0.05) is 31.1 Å². The van der Waals surface area contributed by atoms with Crippen molar-refractivity contribution in [1.82, 2.24) is 0 Å². The Morgan fingerprint density at radius 2 is 2.19 bits per heavy atom. The van der Waals surface area contributed by atoms with E-state index in [9.17, 15) is 4.79 Å². The van der Waals surface area contributed by atoms with Gasteiger partial charge in [-0.3, -0.25) is 4.79 Å². The summed E-state index contributed by atoms with van der Waals surface area (Å²) in [5.41, 5.74) is 2.98. The van der Waals surface area contributed by atoms with Gasteiger partial charge in [-0.2, -0.15) is 0 Å². The van der Waals surface area contributed by atoms with E-state index in [0.29, 0.717) is 17.7 Å². The molecule has 0 amide bonds. The molecule has 0 spiro atoms. The maximum absolute atomic E-state index is 11.3. The van der Waals surface area contributed by atoms with Gasteiger partial charge in [0.25, 0.3) is 0 Å². The number of fused-ring (bicyclic) bond motifs is 4. The van der Waals surface area contributed by atoms with Gasteiger partial charge in [0.2, 0.25) is 0 Å². The first-order valence-electron chi connectivity index (χ1n) is 9.65. The third-order valence-electron chi connectivity index (χ3n) is 6.91. The third kappa shape index (κ3) is 3.38. The molecular formula is C22H32BrNO2. The molecule has 1 aromatic rings. The van der Waals surface area contributed by atoms with E-state index in [4.69, 9.17) is 4.74 Å². The predicted molar refractivity (Wildman–Crippen MR) is 102 cm³/mol. The van der Waals surface area contributed by atoms with Crippen LogP contribution in [0, 0.1) is 5.92 Å². The molecule has 1 aliphatic carbocycles. The van der Waals surface area contributed by atoms with Gasteiger partial charge in [0.1, 0.15) is 5.75 Å². The minimum atomic E-state index is -0.250. The number of quaternary nitrogens is 1. The zero-order valence-corrected chi connectivity index (χ0v) is 18.1. The number of piperidine rings is 1. The van der Waals surface area contributed by atoms with Crippen LogP contribution in [0.2, 0.25) is 0 Å². The monoisotopic (exact) mass is 421 g/mol. The number of ether oxygens (including phenoxy) is 1. The van der Waals surface area contributed by atoms with Crippen molar-refractivity contribution < 1.29 is 31.0 Å². The molecule has 3 nitrogen and oxygen atoms in total. The number of hydrogen-bond donors (Lipinski definition) is 0. The molecule has 26 heavy (non-hydrogen) atoms. The van der Waals surface area contributed by atoms with Crippen molar-refractivity contribution >= 4 is 5.97 Å². The Hall–Kier alpha value is -1.13. The van der Waals surface area contributed by atoms with Crippen LogP contribution in [0.15, 0.2) is 30.9 Å². The quantitative estimate of drug-likeness (QED) is 0.309. The van der Waals surface area contributed by atoms with E-state index in [0.717, 1.165) is 13.0 Å². The molecule has 1 aliphatic heterocycles. The molecule has 1 aromatic carbocycles. The minimum absolute atomic E-state index is 0. The maximum atomic E-state index is 11.3. The summed E-state index contributed by atoms with van der Waals surface area (Å²) >= 11 is 0.